The number of carbonyl (C=O) groups excluding carboxylic acids is 3. The highest BCUT2D eigenvalue weighted by molar-refractivity contribution is 5.90. The van der Waals surface area contributed by atoms with Gasteiger partial charge in [0.1, 0.15) is 0 Å². The molecule has 4 saturated carbocycles. The predicted molar refractivity (Wildman–Crippen MR) is 236 cm³/mol. The molecule has 0 bridgehead atoms. The van der Waals surface area contributed by atoms with Gasteiger partial charge in [0.15, 0.2) is 0 Å². The van der Waals surface area contributed by atoms with Gasteiger partial charge in [-0.2, -0.15) is 0 Å². The number of amides is 2. The van der Waals surface area contributed by atoms with Crippen LogP contribution in [0.25, 0.3) is 5.57 Å². The molecular formula is C51H75N3O6. The summed E-state index contributed by atoms with van der Waals surface area (Å²) in [5, 5.41) is 3.47. The molecule has 5 aliphatic carbocycles. The van der Waals surface area contributed by atoms with E-state index >= 15 is 0 Å². The minimum absolute atomic E-state index is 0.0171. The minimum atomic E-state index is -0.396. The lowest BCUT2D eigenvalue weighted by molar-refractivity contribution is -0.225. The van der Waals surface area contributed by atoms with Gasteiger partial charge in [-0.15, -0.1) is 0 Å². The number of hydrogen-bond acceptors (Lipinski definition) is 7. The summed E-state index contributed by atoms with van der Waals surface area (Å²) in [6, 6.07) is 8.05. The Morgan fingerprint density at radius 1 is 0.900 bits per heavy atom. The molecule has 9 nitrogen and oxygen atoms in total. The number of rotatable bonds is 13. The van der Waals surface area contributed by atoms with E-state index < -0.39 is 5.41 Å². The SMILES string of the molecule is C=C(COCCN1CCOCC1)[C@@H]1CC[C@]2(C(=O)NCCCN3CCCC3=O)CC[C@]3(C)[C@H](CC[C@@H]4[C@@]5(C)CC=C(c6ccc(C(=O)OC)cc6)C(C)(C)[C@@H]5CC[C@]43C)[C@@H]12. The Labute approximate surface area is 360 Å². The number of ether oxygens (including phenoxy) is 3. The molecule has 2 heterocycles. The van der Waals surface area contributed by atoms with Crippen LogP contribution in [0.15, 0.2) is 42.5 Å². The van der Waals surface area contributed by atoms with Gasteiger partial charge >= 0.3 is 5.97 Å². The standard InChI is InChI=1S/C51H75N3O6/c1-35(34-60-33-30-53-28-31-59-32-29-53)38-17-22-51(46(57)52-25-9-27-54-26-8-10-43(54)55)24-23-49(5)40(44(38)51)15-16-42-48(4)20-18-39(36-11-13-37(14-12-36)45(56)58-7)47(2,3)41(48)19-21-50(42,49)6/h11-14,18,38,40-42,44H,1,8-10,15-17,19-34H2,2-7H3,(H,52,57)/t38-,40+,41-,42+,44+,48-,49+,50+,51-/m0/s1. The molecule has 0 aromatic heterocycles. The maximum absolute atomic E-state index is 14.8. The average molecular weight is 826 g/mol. The van der Waals surface area contributed by atoms with E-state index in [1.54, 1.807) is 0 Å². The summed E-state index contributed by atoms with van der Waals surface area (Å²) < 4.78 is 16.9. The second-order valence-corrected chi connectivity index (χ2v) is 21.4. The maximum atomic E-state index is 14.8. The van der Waals surface area contributed by atoms with E-state index in [9.17, 15) is 14.4 Å². The summed E-state index contributed by atoms with van der Waals surface area (Å²) in [5.41, 5.74) is 4.40. The molecule has 1 N–H and O–H groups in total. The number of nitrogens with zero attached hydrogens (tertiary/aromatic N) is 2. The molecule has 9 atom stereocenters. The number of fused-ring (bicyclic) bond motifs is 7. The molecule has 7 aliphatic rings. The van der Waals surface area contributed by atoms with E-state index in [1.165, 1.54) is 43.1 Å². The average Bonchev–Trinajstić information content (AvgIpc) is 3.85. The van der Waals surface area contributed by atoms with Crippen molar-refractivity contribution in [1.82, 2.24) is 15.1 Å². The fourth-order valence-electron chi connectivity index (χ4n) is 15.4. The molecule has 2 amide bonds. The van der Waals surface area contributed by atoms with Gasteiger partial charge in [-0.25, -0.2) is 4.79 Å². The second-order valence-electron chi connectivity index (χ2n) is 21.4. The van der Waals surface area contributed by atoms with Crippen LogP contribution in [0.4, 0.5) is 0 Å². The second kappa shape index (κ2) is 16.9. The summed E-state index contributed by atoms with van der Waals surface area (Å²) >= 11 is 0. The monoisotopic (exact) mass is 826 g/mol. The molecule has 1 aromatic carbocycles. The Morgan fingerprint density at radius 3 is 2.38 bits per heavy atom. The fourth-order valence-corrected chi connectivity index (χ4v) is 15.4. The van der Waals surface area contributed by atoms with Crippen LogP contribution in [0.3, 0.4) is 0 Å². The van der Waals surface area contributed by atoms with Crippen molar-refractivity contribution in [2.24, 2.45) is 56.7 Å². The van der Waals surface area contributed by atoms with Gasteiger partial charge in [0.2, 0.25) is 11.8 Å². The molecule has 8 rings (SSSR count). The molecule has 0 radical (unpaired) electrons. The van der Waals surface area contributed by atoms with Gasteiger partial charge in [0.25, 0.3) is 0 Å². The first-order valence-corrected chi connectivity index (χ1v) is 23.7. The third-order valence-corrected chi connectivity index (χ3v) is 18.6. The zero-order valence-corrected chi connectivity index (χ0v) is 37.9. The summed E-state index contributed by atoms with van der Waals surface area (Å²) in [6.07, 6.45) is 14.7. The van der Waals surface area contributed by atoms with Crippen molar-refractivity contribution in [2.75, 3.05) is 72.8 Å². The molecule has 1 aromatic rings. The smallest absolute Gasteiger partial charge is 0.337 e. The number of likely N-dealkylation sites (tertiary alicyclic amines) is 1. The summed E-state index contributed by atoms with van der Waals surface area (Å²) in [6.45, 7) is 25.5. The highest BCUT2D eigenvalue weighted by atomic mass is 16.5. The molecule has 0 unspecified atom stereocenters. The van der Waals surface area contributed by atoms with Gasteiger partial charge in [-0.05, 0) is 151 Å². The Kier molecular flexibility index (Phi) is 12.3. The van der Waals surface area contributed by atoms with Crippen molar-refractivity contribution in [3.05, 3.63) is 53.6 Å². The highest BCUT2D eigenvalue weighted by Crippen LogP contribution is 2.77. The third kappa shape index (κ3) is 7.32. The van der Waals surface area contributed by atoms with Crippen molar-refractivity contribution < 1.29 is 28.6 Å². The number of nitrogens with one attached hydrogen (secondary N) is 1. The molecule has 330 valence electrons. The number of benzene rings is 1. The predicted octanol–water partition coefficient (Wildman–Crippen LogP) is 8.58. The summed E-state index contributed by atoms with van der Waals surface area (Å²) in [5.74, 6) is 2.29. The molecule has 60 heavy (non-hydrogen) atoms. The van der Waals surface area contributed by atoms with E-state index in [0.29, 0.717) is 49.5 Å². The largest absolute Gasteiger partial charge is 0.465 e. The molecule has 2 aliphatic heterocycles. The lowest BCUT2D eigenvalue weighted by Gasteiger charge is -2.72. The first-order valence-electron chi connectivity index (χ1n) is 23.7. The third-order valence-electron chi connectivity index (χ3n) is 18.6. The van der Waals surface area contributed by atoms with E-state index in [4.69, 9.17) is 20.8 Å². The van der Waals surface area contributed by atoms with Gasteiger partial charge < -0.3 is 24.4 Å². The normalized spacial score (nSPS) is 37.3. The highest BCUT2D eigenvalue weighted by Gasteiger charge is 2.71. The van der Waals surface area contributed by atoms with Crippen LogP contribution in [-0.2, 0) is 23.8 Å². The zero-order valence-electron chi connectivity index (χ0n) is 37.9. The number of morpholine rings is 1. The van der Waals surface area contributed by atoms with Crippen molar-refractivity contribution in [3.8, 4) is 0 Å². The number of esters is 1. The lowest BCUT2D eigenvalue weighted by Crippen LogP contribution is -2.66. The van der Waals surface area contributed by atoms with Crippen molar-refractivity contribution in [3.63, 3.8) is 0 Å². The van der Waals surface area contributed by atoms with Crippen LogP contribution in [0, 0.1) is 56.7 Å². The Bertz CT molecular complexity index is 1820. The van der Waals surface area contributed by atoms with Gasteiger partial charge in [-0.3, -0.25) is 14.5 Å². The number of carbonyl (C=O) groups is 3. The van der Waals surface area contributed by atoms with Crippen LogP contribution in [0.5, 0.6) is 0 Å². The zero-order chi connectivity index (χ0) is 42.5. The van der Waals surface area contributed by atoms with Crippen molar-refractivity contribution in [2.45, 2.75) is 112 Å². The number of methoxy groups -OCH3 is 1. The molecule has 0 spiro atoms. The minimum Gasteiger partial charge on any atom is -0.465 e. The Balaban J connectivity index is 1.03. The molecule has 2 saturated heterocycles. The van der Waals surface area contributed by atoms with Gasteiger partial charge in [-0.1, -0.05) is 59.4 Å². The van der Waals surface area contributed by atoms with E-state index in [0.717, 1.165) is 97.3 Å². The fraction of sp³-hybridized carbons (Fsp3) is 0.745. The first kappa shape index (κ1) is 43.6. The van der Waals surface area contributed by atoms with Crippen LogP contribution >= 0.6 is 0 Å². The molecule has 6 fully saturated rings. The van der Waals surface area contributed by atoms with E-state index in [-0.39, 0.29) is 51.3 Å². The summed E-state index contributed by atoms with van der Waals surface area (Å²) in [4.78, 5) is 43.8. The van der Waals surface area contributed by atoms with E-state index in [2.05, 4.69) is 63.0 Å². The first-order chi connectivity index (χ1) is 28.7. The van der Waals surface area contributed by atoms with Gasteiger partial charge in [0.05, 0.1) is 44.5 Å². The lowest BCUT2D eigenvalue weighted by atomic mass is 9.32. The quantitative estimate of drug-likeness (QED) is 0.121. The maximum Gasteiger partial charge on any atom is 0.337 e. The van der Waals surface area contributed by atoms with Crippen molar-refractivity contribution >= 4 is 23.4 Å². The van der Waals surface area contributed by atoms with Crippen LogP contribution in [0.1, 0.15) is 128 Å². The van der Waals surface area contributed by atoms with Crippen molar-refractivity contribution in [1.29, 1.82) is 0 Å². The number of hydrogen-bond donors (Lipinski definition) is 1. The molecular weight excluding hydrogens is 751 g/mol. The number of allylic oxidation sites excluding steroid dienone is 2. The van der Waals surface area contributed by atoms with E-state index in [1.807, 2.05) is 17.0 Å². The molecule has 9 heteroatoms. The Morgan fingerprint density at radius 2 is 1.67 bits per heavy atom. The Hall–Kier alpha value is -3.01. The topological polar surface area (TPSA) is 97.4 Å². The van der Waals surface area contributed by atoms with Crippen LogP contribution < -0.4 is 5.32 Å². The van der Waals surface area contributed by atoms with Gasteiger partial charge in [0, 0.05) is 45.7 Å². The van der Waals surface area contributed by atoms with Crippen LogP contribution in [-0.4, -0.2) is 100 Å². The summed E-state index contributed by atoms with van der Waals surface area (Å²) in [7, 11) is 1.44. The van der Waals surface area contributed by atoms with Crippen LogP contribution in [0.2, 0.25) is 0 Å².